The average molecular weight is 405 g/mol. The Balaban J connectivity index is 1.64. The van der Waals surface area contributed by atoms with Gasteiger partial charge in [0.25, 0.3) is 0 Å². The molecule has 0 amide bonds. The fourth-order valence-corrected chi connectivity index (χ4v) is 3.83. The third-order valence-corrected chi connectivity index (χ3v) is 5.55. The highest BCUT2D eigenvalue weighted by atomic mass is 16.5. The van der Waals surface area contributed by atoms with Crippen LogP contribution in [0.5, 0.6) is 0 Å². The Labute approximate surface area is 170 Å². The highest BCUT2D eigenvalue weighted by molar-refractivity contribution is 5.73. The summed E-state index contributed by atoms with van der Waals surface area (Å²) >= 11 is 0. The predicted octanol–water partition coefficient (Wildman–Crippen LogP) is 1.25. The molecular formula is C19H19N9O2. The molecule has 5 rings (SSSR count). The van der Waals surface area contributed by atoms with Crippen LogP contribution in [-0.4, -0.2) is 46.9 Å². The first kappa shape index (κ1) is 18.3. The zero-order chi connectivity index (χ0) is 20.9. The molecule has 0 aromatic carbocycles. The van der Waals surface area contributed by atoms with Gasteiger partial charge in [-0.2, -0.15) is 15.3 Å². The van der Waals surface area contributed by atoms with Crippen LogP contribution in [0.4, 0.5) is 11.8 Å². The maximum atomic E-state index is 13.0. The van der Waals surface area contributed by atoms with Gasteiger partial charge in [-0.25, -0.2) is 19.3 Å². The summed E-state index contributed by atoms with van der Waals surface area (Å²) in [5, 5.41) is 17.3. The Kier molecular flexibility index (Phi) is 4.04. The van der Waals surface area contributed by atoms with E-state index >= 15 is 0 Å². The minimum atomic E-state index is -0.995. The van der Waals surface area contributed by atoms with E-state index < -0.39 is 5.54 Å². The number of rotatable bonds is 3. The first-order valence-corrected chi connectivity index (χ1v) is 9.54. The number of nitriles is 1. The number of nitrogens with one attached hydrogen (secondary N) is 1. The van der Waals surface area contributed by atoms with Crippen molar-refractivity contribution in [3.8, 4) is 6.07 Å². The molecule has 152 valence electrons. The molecule has 4 aromatic rings. The van der Waals surface area contributed by atoms with Crippen molar-refractivity contribution in [1.29, 1.82) is 5.26 Å². The fourth-order valence-electron chi connectivity index (χ4n) is 3.83. The molecule has 1 saturated heterocycles. The smallest absolute Gasteiger partial charge is 0.331 e. The Morgan fingerprint density at radius 1 is 1.30 bits per heavy atom. The minimum Gasteiger partial charge on any atom is -0.381 e. The number of aryl methyl sites for hydroxylation is 2. The van der Waals surface area contributed by atoms with Gasteiger partial charge in [-0.15, -0.1) is 0 Å². The van der Waals surface area contributed by atoms with Gasteiger partial charge < -0.3 is 10.1 Å². The summed E-state index contributed by atoms with van der Waals surface area (Å²) in [5.74, 6) is 0.884. The Morgan fingerprint density at radius 2 is 2.10 bits per heavy atom. The van der Waals surface area contributed by atoms with Crippen molar-refractivity contribution in [3.63, 3.8) is 0 Å². The molecule has 0 saturated carbocycles. The van der Waals surface area contributed by atoms with E-state index in [1.807, 2.05) is 13.1 Å². The quantitative estimate of drug-likeness (QED) is 0.539. The molecule has 0 bridgehead atoms. The Bertz CT molecular complexity index is 1370. The lowest BCUT2D eigenvalue weighted by molar-refractivity contribution is 0.0448. The maximum Gasteiger partial charge on any atom is 0.331 e. The molecule has 5 heterocycles. The van der Waals surface area contributed by atoms with Crippen LogP contribution in [-0.2, 0) is 17.3 Å². The van der Waals surface area contributed by atoms with Gasteiger partial charge in [0.15, 0.2) is 11.3 Å². The molecule has 1 aliphatic heterocycles. The van der Waals surface area contributed by atoms with Crippen LogP contribution in [0, 0.1) is 18.3 Å². The fraction of sp³-hybridized carbons (Fsp3) is 0.368. The Hall–Kier alpha value is -3.78. The van der Waals surface area contributed by atoms with Gasteiger partial charge in [-0.3, -0.25) is 9.13 Å². The lowest BCUT2D eigenvalue weighted by Gasteiger charge is -2.31. The van der Waals surface area contributed by atoms with Crippen LogP contribution in [0.25, 0.3) is 16.8 Å². The number of anilines is 2. The number of fused-ring (bicyclic) bond motifs is 2. The van der Waals surface area contributed by atoms with Crippen LogP contribution in [0.3, 0.4) is 0 Å². The van der Waals surface area contributed by atoms with Crippen molar-refractivity contribution in [2.24, 2.45) is 7.05 Å². The second-order valence-electron chi connectivity index (χ2n) is 7.37. The summed E-state index contributed by atoms with van der Waals surface area (Å²) in [5.41, 5.74) is 1.22. The van der Waals surface area contributed by atoms with Gasteiger partial charge >= 0.3 is 5.69 Å². The number of imidazole rings is 1. The molecule has 1 aliphatic rings. The number of hydrogen-bond acceptors (Lipinski definition) is 8. The molecule has 1 N–H and O–H groups in total. The van der Waals surface area contributed by atoms with Gasteiger partial charge in [-0.1, -0.05) is 0 Å². The molecule has 11 nitrogen and oxygen atoms in total. The molecule has 0 aliphatic carbocycles. The largest absolute Gasteiger partial charge is 0.381 e. The van der Waals surface area contributed by atoms with Crippen LogP contribution in [0.15, 0.2) is 29.5 Å². The molecule has 4 aromatic heterocycles. The lowest BCUT2D eigenvalue weighted by Crippen LogP contribution is -2.44. The first-order chi connectivity index (χ1) is 14.5. The standard InChI is InChI=1S/C19H19N9O2/c1-12-10-27-14(3-6-22-27)23-15(12)24-17-21-9-13-16(25-17)28(18(29)26(13)2)19(11-20)4-7-30-8-5-19/h3,6,9-10H,4-5,7-8H2,1-2H3,(H,21,23,24,25). The number of hydrogen-bond donors (Lipinski definition) is 1. The zero-order valence-corrected chi connectivity index (χ0v) is 16.5. The van der Waals surface area contributed by atoms with E-state index in [9.17, 15) is 10.1 Å². The lowest BCUT2D eigenvalue weighted by atomic mass is 9.91. The van der Waals surface area contributed by atoms with Crippen molar-refractivity contribution < 1.29 is 4.74 Å². The van der Waals surface area contributed by atoms with E-state index in [1.54, 1.807) is 30.0 Å². The van der Waals surface area contributed by atoms with Crippen LogP contribution < -0.4 is 11.0 Å². The second-order valence-corrected chi connectivity index (χ2v) is 7.37. The van der Waals surface area contributed by atoms with E-state index in [0.717, 1.165) is 5.56 Å². The molecule has 0 radical (unpaired) electrons. The molecule has 0 spiro atoms. The first-order valence-electron chi connectivity index (χ1n) is 9.54. The highest BCUT2D eigenvalue weighted by Crippen LogP contribution is 2.30. The SMILES string of the molecule is Cc1cn2nccc2nc1Nc1ncc2c(n1)n(C1(C#N)CCOCC1)c(=O)n2C. The van der Waals surface area contributed by atoms with E-state index in [-0.39, 0.29) is 5.69 Å². The van der Waals surface area contributed by atoms with Gasteiger partial charge in [0.2, 0.25) is 5.95 Å². The van der Waals surface area contributed by atoms with Crippen LogP contribution in [0.2, 0.25) is 0 Å². The molecule has 1 fully saturated rings. The highest BCUT2D eigenvalue weighted by Gasteiger charge is 2.38. The summed E-state index contributed by atoms with van der Waals surface area (Å²) in [6.07, 6.45) is 5.96. The van der Waals surface area contributed by atoms with Crippen LogP contribution >= 0.6 is 0 Å². The van der Waals surface area contributed by atoms with Gasteiger partial charge in [0.05, 0.1) is 18.5 Å². The molecule has 0 unspecified atom stereocenters. The number of ether oxygens (including phenoxy) is 1. The molecule has 11 heteroatoms. The summed E-state index contributed by atoms with van der Waals surface area (Å²) < 4.78 is 10.1. The minimum absolute atomic E-state index is 0.293. The summed E-state index contributed by atoms with van der Waals surface area (Å²) in [6, 6.07) is 4.14. The van der Waals surface area contributed by atoms with Crippen molar-refractivity contribution in [2.45, 2.75) is 25.3 Å². The third kappa shape index (κ3) is 2.65. The van der Waals surface area contributed by atoms with Crippen molar-refractivity contribution in [2.75, 3.05) is 18.5 Å². The van der Waals surface area contributed by atoms with E-state index in [2.05, 4.69) is 31.4 Å². The maximum absolute atomic E-state index is 13.0. The second kappa shape index (κ2) is 6.64. The number of nitrogens with zero attached hydrogens (tertiary/aromatic N) is 8. The topological polar surface area (TPSA) is 128 Å². The van der Waals surface area contributed by atoms with E-state index in [1.165, 1.54) is 9.13 Å². The summed E-state index contributed by atoms with van der Waals surface area (Å²) in [4.78, 5) is 26.5. The van der Waals surface area contributed by atoms with E-state index in [4.69, 9.17) is 4.74 Å². The predicted molar refractivity (Wildman–Crippen MR) is 107 cm³/mol. The normalized spacial score (nSPS) is 16.0. The van der Waals surface area contributed by atoms with Gasteiger partial charge in [-0.05, 0) is 6.92 Å². The van der Waals surface area contributed by atoms with Gasteiger partial charge in [0, 0.05) is 50.9 Å². The van der Waals surface area contributed by atoms with Crippen LogP contribution in [0.1, 0.15) is 18.4 Å². The third-order valence-electron chi connectivity index (χ3n) is 5.55. The average Bonchev–Trinajstić information content (AvgIpc) is 3.31. The monoisotopic (exact) mass is 405 g/mol. The molecule has 30 heavy (non-hydrogen) atoms. The van der Waals surface area contributed by atoms with Crippen molar-refractivity contribution in [3.05, 3.63) is 40.7 Å². The molecule has 0 atom stereocenters. The molecular weight excluding hydrogens is 386 g/mol. The zero-order valence-electron chi connectivity index (χ0n) is 16.5. The van der Waals surface area contributed by atoms with Crippen molar-refractivity contribution >= 4 is 28.6 Å². The number of aromatic nitrogens is 7. The summed E-state index contributed by atoms with van der Waals surface area (Å²) in [7, 11) is 1.65. The van der Waals surface area contributed by atoms with Gasteiger partial charge in [0.1, 0.15) is 16.9 Å². The summed E-state index contributed by atoms with van der Waals surface area (Å²) in [6.45, 7) is 2.74. The van der Waals surface area contributed by atoms with E-state index in [0.29, 0.717) is 54.6 Å². The Morgan fingerprint density at radius 3 is 2.87 bits per heavy atom. The van der Waals surface area contributed by atoms with Crippen molar-refractivity contribution in [1.82, 2.24) is 33.7 Å².